The quantitative estimate of drug-likeness (QED) is 0.549. The summed E-state index contributed by atoms with van der Waals surface area (Å²) in [5, 5.41) is 5.76. The molecule has 0 aliphatic carbocycles. The predicted molar refractivity (Wildman–Crippen MR) is 86.3 cm³/mol. The van der Waals surface area contributed by atoms with Gasteiger partial charge in [-0.2, -0.15) is 0 Å². The zero-order chi connectivity index (χ0) is 15.0. The van der Waals surface area contributed by atoms with Gasteiger partial charge in [0.1, 0.15) is 5.01 Å². The summed E-state index contributed by atoms with van der Waals surface area (Å²) >= 11 is 7.20. The molecule has 20 heavy (non-hydrogen) atoms. The first-order valence-corrected chi connectivity index (χ1v) is 8.64. The van der Waals surface area contributed by atoms with E-state index in [4.69, 9.17) is 11.6 Å². The number of aromatic nitrogens is 1. The van der Waals surface area contributed by atoms with E-state index < -0.39 is 0 Å². The SMILES string of the molecule is CCCCCC(C)(C)CNC(=O)Cc1nc(CCl)cs1. The summed E-state index contributed by atoms with van der Waals surface area (Å²) in [5.41, 5.74) is 1.01. The van der Waals surface area contributed by atoms with Gasteiger partial charge in [-0.05, 0) is 11.8 Å². The Balaban J connectivity index is 2.31. The van der Waals surface area contributed by atoms with E-state index in [1.165, 1.54) is 30.6 Å². The molecule has 1 amide bonds. The second kappa shape index (κ2) is 8.63. The number of rotatable bonds is 9. The van der Waals surface area contributed by atoms with Gasteiger partial charge in [0.25, 0.3) is 0 Å². The molecule has 0 aromatic carbocycles. The van der Waals surface area contributed by atoms with Gasteiger partial charge in [0.2, 0.25) is 5.91 Å². The van der Waals surface area contributed by atoms with Crippen molar-refractivity contribution in [3.8, 4) is 0 Å². The fourth-order valence-corrected chi connectivity index (χ4v) is 2.99. The fraction of sp³-hybridized carbons (Fsp3) is 0.733. The number of alkyl halides is 1. The molecule has 0 spiro atoms. The zero-order valence-electron chi connectivity index (χ0n) is 12.7. The van der Waals surface area contributed by atoms with E-state index in [1.807, 2.05) is 5.38 Å². The van der Waals surface area contributed by atoms with E-state index in [9.17, 15) is 4.79 Å². The normalized spacial score (nSPS) is 11.6. The average molecular weight is 317 g/mol. The minimum Gasteiger partial charge on any atom is -0.355 e. The molecule has 3 nitrogen and oxygen atoms in total. The van der Waals surface area contributed by atoms with Crippen molar-refractivity contribution in [1.29, 1.82) is 0 Å². The highest BCUT2D eigenvalue weighted by Gasteiger charge is 2.18. The molecule has 0 saturated heterocycles. The minimum atomic E-state index is 0.0454. The summed E-state index contributed by atoms with van der Waals surface area (Å²) in [5.74, 6) is 0.451. The molecule has 1 heterocycles. The van der Waals surface area contributed by atoms with Crippen molar-refractivity contribution in [1.82, 2.24) is 10.3 Å². The zero-order valence-corrected chi connectivity index (χ0v) is 14.2. The molecule has 0 unspecified atom stereocenters. The lowest BCUT2D eigenvalue weighted by Gasteiger charge is -2.24. The van der Waals surface area contributed by atoms with Gasteiger partial charge in [-0.3, -0.25) is 4.79 Å². The van der Waals surface area contributed by atoms with Gasteiger partial charge >= 0.3 is 0 Å². The van der Waals surface area contributed by atoms with Crippen LogP contribution in [0.15, 0.2) is 5.38 Å². The topological polar surface area (TPSA) is 42.0 Å². The third-order valence-electron chi connectivity index (χ3n) is 3.27. The first kappa shape index (κ1) is 17.4. The number of nitrogens with one attached hydrogen (secondary N) is 1. The van der Waals surface area contributed by atoms with Crippen LogP contribution in [0.2, 0.25) is 0 Å². The van der Waals surface area contributed by atoms with Crippen molar-refractivity contribution < 1.29 is 4.79 Å². The highest BCUT2D eigenvalue weighted by molar-refractivity contribution is 7.09. The number of hydrogen-bond acceptors (Lipinski definition) is 3. The van der Waals surface area contributed by atoms with E-state index in [-0.39, 0.29) is 11.3 Å². The summed E-state index contributed by atoms with van der Waals surface area (Å²) in [6, 6.07) is 0. The molecule has 1 N–H and O–H groups in total. The third-order valence-corrected chi connectivity index (χ3v) is 4.44. The maximum absolute atomic E-state index is 11.9. The molecular formula is C15H25ClN2OS. The predicted octanol–water partition coefficient (Wildman–Crippen LogP) is 4.15. The molecule has 114 valence electrons. The van der Waals surface area contributed by atoms with Crippen LogP contribution in [0.5, 0.6) is 0 Å². The maximum Gasteiger partial charge on any atom is 0.226 e. The standard InChI is InChI=1S/C15H25ClN2OS/c1-4-5-6-7-15(2,3)11-17-13(19)8-14-18-12(9-16)10-20-14/h10H,4-9,11H2,1-3H3,(H,17,19). The lowest BCUT2D eigenvalue weighted by Crippen LogP contribution is -2.34. The first-order valence-electron chi connectivity index (χ1n) is 7.23. The van der Waals surface area contributed by atoms with Gasteiger partial charge in [0.15, 0.2) is 0 Å². The molecule has 0 atom stereocenters. The highest BCUT2D eigenvalue weighted by Crippen LogP contribution is 2.22. The van der Waals surface area contributed by atoms with Gasteiger partial charge in [0, 0.05) is 11.9 Å². The summed E-state index contributed by atoms with van der Waals surface area (Å²) < 4.78 is 0. The van der Waals surface area contributed by atoms with Crippen molar-refractivity contribution in [3.63, 3.8) is 0 Å². The van der Waals surface area contributed by atoms with Crippen molar-refractivity contribution >= 4 is 28.8 Å². The van der Waals surface area contributed by atoms with Gasteiger partial charge in [-0.25, -0.2) is 4.98 Å². The van der Waals surface area contributed by atoms with Crippen molar-refractivity contribution in [2.24, 2.45) is 5.41 Å². The summed E-state index contributed by atoms with van der Waals surface area (Å²) in [6.45, 7) is 7.34. The summed E-state index contributed by atoms with van der Waals surface area (Å²) in [4.78, 5) is 16.2. The monoisotopic (exact) mass is 316 g/mol. The Morgan fingerprint density at radius 1 is 1.45 bits per heavy atom. The molecule has 0 radical (unpaired) electrons. The van der Waals surface area contributed by atoms with Crippen LogP contribution in [0.4, 0.5) is 0 Å². The number of carbonyl (C=O) groups excluding carboxylic acids is 1. The molecule has 1 aromatic rings. The van der Waals surface area contributed by atoms with E-state index in [2.05, 4.69) is 31.1 Å². The van der Waals surface area contributed by atoms with E-state index in [0.29, 0.717) is 12.3 Å². The summed E-state index contributed by atoms with van der Waals surface area (Å²) in [7, 11) is 0. The van der Waals surface area contributed by atoms with Crippen LogP contribution in [0.3, 0.4) is 0 Å². The second-order valence-corrected chi connectivity index (χ2v) is 7.15. The number of unbranched alkanes of at least 4 members (excludes halogenated alkanes) is 2. The number of carbonyl (C=O) groups is 1. The van der Waals surface area contributed by atoms with Crippen LogP contribution in [-0.2, 0) is 17.1 Å². The Kier molecular flexibility index (Phi) is 7.52. The highest BCUT2D eigenvalue weighted by atomic mass is 35.5. The van der Waals surface area contributed by atoms with Crippen LogP contribution >= 0.6 is 22.9 Å². The second-order valence-electron chi connectivity index (χ2n) is 5.94. The molecule has 0 aliphatic rings. The lowest BCUT2D eigenvalue weighted by atomic mass is 9.87. The van der Waals surface area contributed by atoms with Gasteiger partial charge in [-0.1, -0.05) is 40.0 Å². The lowest BCUT2D eigenvalue weighted by molar-refractivity contribution is -0.120. The largest absolute Gasteiger partial charge is 0.355 e. The van der Waals surface area contributed by atoms with Crippen LogP contribution in [0.25, 0.3) is 0 Å². The average Bonchev–Trinajstić information content (AvgIpc) is 2.84. The van der Waals surface area contributed by atoms with Gasteiger partial charge in [-0.15, -0.1) is 22.9 Å². The fourth-order valence-electron chi connectivity index (χ4n) is 1.97. The van der Waals surface area contributed by atoms with Gasteiger partial charge < -0.3 is 5.32 Å². The Hall–Kier alpha value is -0.610. The van der Waals surface area contributed by atoms with Gasteiger partial charge in [0.05, 0.1) is 18.0 Å². The number of thiazole rings is 1. The van der Waals surface area contributed by atoms with Crippen LogP contribution in [-0.4, -0.2) is 17.4 Å². The van der Waals surface area contributed by atoms with Crippen molar-refractivity contribution in [2.45, 2.75) is 58.8 Å². The Morgan fingerprint density at radius 3 is 2.80 bits per heavy atom. The third kappa shape index (κ3) is 6.71. The molecule has 0 bridgehead atoms. The Labute approximate surface area is 131 Å². The first-order chi connectivity index (χ1) is 9.46. The number of nitrogens with zero attached hydrogens (tertiary/aromatic N) is 1. The maximum atomic E-state index is 11.9. The number of amides is 1. The number of halogens is 1. The smallest absolute Gasteiger partial charge is 0.226 e. The Morgan fingerprint density at radius 2 is 2.20 bits per heavy atom. The molecule has 0 fully saturated rings. The van der Waals surface area contributed by atoms with Crippen molar-refractivity contribution in [2.75, 3.05) is 6.54 Å². The summed E-state index contributed by atoms with van der Waals surface area (Å²) in [6.07, 6.45) is 5.22. The Bertz CT molecular complexity index is 418. The van der Waals surface area contributed by atoms with Crippen molar-refractivity contribution in [3.05, 3.63) is 16.1 Å². The number of hydrogen-bond donors (Lipinski definition) is 1. The molecule has 1 aromatic heterocycles. The van der Waals surface area contributed by atoms with Crippen LogP contribution in [0.1, 0.15) is 57.2 Å². The molecule has 5 heteroatoms. The van der Waals surface area contributed by atoms with E-state index >= 15 is 0 Å². The van der Waals surface area contributed by atoms with Crippen LogP contribution in [0, 0.1) is 5.41 Å². The molecular weight excluding hydrogens is 292 g/mol. The molecule has 0 aliphatic heterocycles. The minimum absolute atomic E-state index is 0.0454. The van der Waals surface area contributed by atoms with E-state index in [1.54, 1.807) is 0 Å². The molecule has 1 rings (SSSR count). The van der Waals surface area contributed by atoms with E-state index in [0.717, 1.165) is 23.7 Å². The molecule has 0 saturated carbocycles. The van der Waals surface area contributed by atoms with Crippen LogP contribution < -0.4 is 5.32 Å².